The van der Waals surface area contributed by atoms with Gasteiger partial charge in [-0.1, -0.05) is 30.3 Å². The maximum Gasteiger partial charge on any atom is 0.224 e. The molecule has 1 atom stereocenters. The topological polar surface area (TPSA) is 89.4 Å². The number of hydrogen-bond acceptors (Lipinski definition) is 3. The van der Waals surface area contributed by atoms with Crippen molar-refractivity contribution in [3.8, 4) is 0 Å². The van der Waals surface area contributed by atoms with Crippen LogP contribution in [0.15, 0.2) is 30.3 Å². The van der Waals surface area contributed by atoms with Crippen LogP contribution in [-0.4, -0.2) is 29.8 Å². The summed E-state index contributed by atoms with van der Waals surface area (Å²) >= 11 is 0. The van der Waals surface area contributed by atoms with Crippen molar-refractivity contribution in [2.75, 3.05) is 13.1 Å². The molecule has 0 aromatic heterocycles. The Balaban J connectivity index is 1.81. The third-order valence-electron chi connectivity index (χ3n) is 4.08. The van der Waals surface area contributed by atoms with Crippen molar-refractivity contribution >= 4 is 11.8 Å². The van der Waals surface area contributed by atoms with Crippen molar-refractivity contribution in [1.29, 1.82) is 0 Å². The fraction of sp³-hybridized carbons (Fsp3) is 0.500. The van der Waals surface area contributed by atoms with Gasteiger partial charge in [0.15, 0.2) is 0 Å². The smallest absolute Gasteiger partial charge is 0.224 e. The van der Waals surface area contributed by atoms with Crippen LogP contribution in [0.25, 0.3) is 0 Å². The molecule has 1 fully saturated rings. The van der Waals surface area contributed by atoms with E-state index in [2.05, 4.69) is 0 Å². The molecule has 4 N–H and O–H groups in total. The Labute approximate surface area is 125 Å². The van der Waals surface area contributed by atoms with E-state index >= 15 is 0 Å². The molecule has 1 aromatic carbocycles. The van der Waals surface area contributed by atoms with E-state index in [1.807, 2.05) is 35.2 Å². The maximum absolute atomic E-state index is 12.3. The van der Waals surface area contributed by atoms with E-state index in [0.29, 0.717) is 31.8 Å². The highest BCUT2D eigenvalue weighted by Gasteiger charge is 2.24. The molecule has 0 spiro atoms. The van der Waals surface area contributed by atoms with Crippen LogP contribution in [0.1, 0.15) is 37.3 Å². The molecule has 0 bridgehead atoms. The average Bonchev–Trinajstić information content (AvgIpc) is 2.48. The monoisotopic (exact) mass is 289 g/mol. The van der Waals surface area contributed by atoms with E-state index in [0.717, 1.165) is 18.4 Å². The number of carbonyl (C=O) groups is 2. The number of benzene rings is 1. The summed E-state index contributed by atoms with van der Waals surface area (Å²) in [6.07, 6.45) is 2.43. The summed E-state index contributed by atoms with van der Waals surface area (Å²) < 4.78 is 0. The minimum atomic E-state index is -0.262. The van der Waals surface area contributed by atoms with Gasteiger partial charge in [0, 0.05) is 32.0 Å². The fourth-order valence-corrected chi connectivity index (χ4v) is 2.81. The molecular formula is C16H23N3O2. The van der Waals surface area contributed by atoms with Crippen LogP contribution in [0, 0.1) is 5.92 Å². The van der Waals surface area contributed by atoms with Gasteiger partial charge in [-0.25, -0.2) is 0 Å². The number of carbonyl (C=O) groups excluding carboxylic acids is 2. The number of rotatable bonds is 5. The first-order valence-electron chi connectivity index (χ1n) is 7.43. The highest BCUT2D eigenvalue weighted by molar-refractivity contribution is 5.77. The largest absolute Gasteiger partial charge is 0.370 e. The van der Waals surface area contributed by atoms with Crippen molar-refractivity contribution in [3.05, 3.63) is 35.9 Å². The van der Waals surface area contributed by atoms with E-state index in [1.54, 1.807) is 0 Å². The molecule has 0 saturated carbocycles. The molecule has 1 aliphatic heterocycles. The fourth-order valence-electron chi connectivity index (χ4n) is 2.81. The lowest BCUT2D eigenvalue weighted by Gasteiger charge is -2.32. The second-order valence-electron chi connectivity index (χ2n) is 5.72. The van der Waals surface area contributed by atoms with E-state index in [4.69, 9.17) is 11.5 Å². The van der Waals surface area contributed by atoms with Crippen LogP contribution in [0.4, 0.5) is 0 Å². The third kappa shape index (κ3) is 4.56. The predicted octanol–water partition coefficient (Wildman–Crippen LogP) is 1.19. The maximum atomic E-state index is 12.3. The summed E-state index contributed by atoms with van der Waals surface area (Å²) in [6.45, 7) is 1.39. The van der Waals surface area contributed by atoms with Gasteiger partial charge in [-0.15, -0.1) is 0 Å². The number of primary amides is 1. The number of nitrogens with two attached hydrogens (primary N) is 2. The summed E-state index contributed by atoms with van der Waals surface area (Å²) in [5.41, 5.74) is 12.3. The molecule has 1 heterocycles. The van der Waals surface area contributed by atoms with Crippen LogP contribution in [0.3, 0.4) is 0 Å². The number of likely N-dealkylation sites (tertiary alicyclic amines) is 1. The zero-order valence-corrected chi connectivity index (χ0v) is 12.2. The van der Waals surface area contributed by atoms with Gasteiger partial charge in [0.1, 0.15) is 0 Å². The second kappa shape index (κ2) is 7.22. The van der Waals surface area contributed by atoms with Gasteiger partial charge in [0.2, 0.25) is 11.8 Å². The second-order valence-corrected chi connectivity index (χ2v) is 5.72. The molecule has 1 aliphatic rings. The Morgan fingerprint density at radius 1 is 1.19 bits per heavy atom. The van der Waals surface area contributed by atoms with E-state index in [9.17, 15) is 9.59 Å². The molecule has 5 heteroatoms. The normalized spacial score (nSPS) is 17.5. The number of piperidine rings is 1. The summed E-state index contributed by atoms with van der Waals surface area (Å²) in [4.78, 5) is 25.0. The van der Waals surface area contributed by atoms with Gasteiger partial charge in [-0.05, 0) is 24.3 Å². The summed E-state index contributed by atoms with van der Waals surface area (Å²) in [5.74, 6) is 0.143. The molecule has 1 unspecified atom stereocenters. The average molecular weight is 289 g/mol. The molecule has 114 valence electrons. The van der Waals surface area contributed by atoms with Crippen molar-refractivity contribution < 1.29 is 9.59 Å². The summed E-state index contributed by atoms with van der Waals surface area (Å²) in [6, 6.07) is 9.40. The minimum Gasteiger partial charge on any atom is -0.370 e. The number of hydrogen-bond donors (Lipinski definition) is 2. The summed E-state index contributed by atoms with van der Waals surface area (Å²) in [5, 5.41) is 0. The first-order valence-corrected chi connectivity index (χ1v) is 7.43. The van der Waals surface area contributed by atoms with Gasteiger partial charge in [0.05, 0.1) is 0 Å². The lowest BCUT2D eigenvalue weighted by atomic mass is 9.93. The van der Waals surface area contributed by atoms with Gasteiger partial charge in [-0.2, -0.15) is 0 Å². The predicted molar refractivity (Wildman–Crippen MR) is 81.1 cm³/mol. The Kier molecular flexibility index (Phi) is 5.33. The third-order valence-corrected chi connectivity index (χ3v) is 4.08. The van der Waals surface area contributed by atoms with Crippen LogP contribution < -0.4 is 11.5 Å². The van der Waals surface area contributed by atoms with Crippen molar-refractivity contribution in [2.24, 2.45) is 17.4 Å². The number of nitrogens with zero attached hydrogens (tertiary/aromatic N) is 1. The van der Waals surface area contributed by atoms with Gasteiger partial charge < -0.3 is 16.4 Å². The van der Waals surface area contributed by atoms with E-state index in [-0.39, 0.29) is 17.9 Å². The first kappa shape index (κ1) is 15.5. The molecule has 2 rings (SSSR count). The van der Waals surface area contributed by atoms with Gasteiger partial charge in [0.25, 0.3) is 0 Å². The molecule has 21 heavy (non-hydrogen) atoms. The van der Waals surface area contributed by atoms with E-state index in [1.165, 1.54) is 0 Å². The quantitative estimate of drug-likeness (QED) is 0.853. The van der Waals surface area contributed by atoms with Crippen LogP contribution in [0.2, 0.25) is 0 Å². The van der Waals surface area contributed by atoms with Crippen molar-refractivity contribution in [3.63, 3.8) is 0 Å². The van der Waals surface area contributed by atoms with Crippen LogP contribution in [-0.2, 0) is 9.59 Å². The Morgan fingerprint density at radius 3 is 2.38 bits per heavy atom. The molecule has 5 nitrogen and oxygen atoms in total. The van der Waals surface area contributed by atoms with Gasteiger partial charge >= 0.3 is 0 Å². The lowest BCUT2D eigenvalue weighted by Crippen LogP contribution is -2.40. The van der Waals surface area contributed by atoms with E-state index < -0.39 is 0 Å². The first-order chi connectivity index (χ1) is 10.1. The molecule has 0 radical (unpaired) electrons. The molecule has 0 aliphatic carbocycles. The zero-order valence-electron chi connectivity index (χ0n) is 12.2. The van der Waals surface area contributed by atoms with Crippen molar-refractivity contribution in [2.45, 2.75) is 31.7 Å². The SMILES string of the molecule is NC(=O)CC1CCN(C(=O)CC(N)c2ccccc2)CC1. The van der Waals surface area contributed by atoms with Crippen molar-refractivity contribution in [1.82, 2.24) is 4.90 Å². The molecule has 1 aromatic rings. The minimum absolute atomic E-state index is 0.0869. The Morgan fingerprint density at radius 2 is 1.81 bits per heavy atom. The van der Waals surface area contributed by atoms with Crippen LogP contribution in [0.5, 0.6) is 0 Å². The number of amides is 2. The lowest BCUT2D eigenvalue weighted by molar-refractivity contribution is -0.133. The standard InChI is InChI=1S/C16H23N3O2/c17-14(13-4-2-1-3-5-13)11-16(21)19-8-6-12(7-9-19)10-15(18)20/h1-5,12,14H,6-11,17H2,(H2,18,20). The molecule has 1 saturated heterocycles. The Hall–Kier alpha value is -1.88. The highest BCUT2D eigenvalue weighted by atomic mass is 16.2. The summed E-state index contributed by atoms with van der Waals surface area (Å²) in [7, 11) is 0. The zero-order chi connectivity index (χ0) is 15.2. The molecule has 2 amide bonds. The highest BCUT2D eigenvalue weighted by Crippen LogP contribution is 2.22. The van der Waals surface area contributed by atoms with Crippen LogP contribution >= 0.6 is 0 Å². The Bertz CT molecular complexity index is 482. The molecular weight excluding hydrogens is 266 g/mol. The van der Waals surface area contributed by atoms with Gasteiger partial charge in [-0.3, -0.25) is 9.59 Å².